The first-order valence-corrected chi connectivity index (χ1v) is 8.85. The van der Waals surface area contributed by atoms with E-state index in [1.165, 1.54) is 0 Å². The molecule has 1 N–H and O–H groups in total. The third-order valence-corrected chi connectivity index (χ3v) is 5.29. The van der Waals surface area contributed by atoms with E-state index in [0.717, 1.165) is 53.0 Å². The van der Waals surface area contributed by atoms with Gasteiger partial charge in [-0.3, -0.25) is 0 Å². The van der Waals surface area contributed by atoms with Crippen LogP contribution in [0.4, 0.5) is 0 Å². The van der Waals surface area contributed by atoms with E-state index in [1.54, 1.807) is 17.7 Å². The highest BCUT2D eigenvalue weighted by atomic mass is 35.5. The van der Waals surface area contributed by atoms with E-state index in [0.29, 0.717) is 6.04 Å². The number of thiazole rings is 1. The molecule has 1 atom stereocenters. The molecule has 4 rings (SSSR count). The maximum atomic E-state index is 6.24. The first kappa shape index (κ1) is 14.8. The van der Waals surface area contributed by atoms with Gasteiger partial charge in [-0.1, -0.05) is 29.8 Å². The van der Waals surface area contributed by atoms with Gasteiger partial charge in [-0.15, -0.1) is 11.3 Å². The van der Waals surface area contributed by atoms with E-state index in [1.807, 2.05) is 28.9 Å². The van der Waals surface area contributed by atoms with Crippen LogP contribution in [0.3, 0.4) is 0 Å². The highest BCUT2D eigenvalue weighted by molar-refractivity contribution is 7.13. The minimum atomic E-state index is 0.412. The van der Waals surface area contributed by atoms with Crippen LogP contribution in [0.2, 0.25) is 5.02 Å². The molecule has 0 spiro atoms. The van der Waals surface area contributed by atoms with E-state index in [-0.39, 0.29) is 0 Å². The summed E-state index contributed by atoms with van der Waals surface area (Å²) in [7, 11) is 0. The summed E-state index contributed by atoms with van der Waals surface area (Å²) in [4.78, 5) is 8.95. The summed E-state index contributed by atoms with van der Waals surface area (Å²) in [5.74, 6) is 1.08. The smallest absolute Gasteiger partial charge is 0.138 e. The Bertz CT molecular complexity index is 812. The van der Waals surface area contributed by atoms with Crippen LogP contribution in [-0.2, 0) is 19.5 Å². The number of fused-ring (bicyclic) bond motifs is 1. The van der Waals surface area contributed by atoms with Crippen molar-refractivity contribution in [2.75, 3.05) is 0 Å². The largest absolute Gasteiger partial charge is 0.306 e. The van der Waals surface area contributed by atoms with E-state index in [2.05, 4.69) is 20.8 Å². The first-order valence-electron chi connectivity index (χ1n) is 7.59. The first-order chi connectivity index (χ1) is 11.3. The maximum Gasteiger partial charge on any atom is 0.138 e. The lowest BCUT2D eigenvalue weighted by atomic mass is 10.1. The summed E-state index contributed by atoms with van der Waals surface area (Å²) < 4.78 is 1.98. The molecule has 0 fully saturated rings. The van der Waals surface area contributed by atoms with Gasteiger partial charge in [-0.05, 0) is 12.5 Å². The predicted octanol–water partition coefficient (Wildman–Crippen LogP) is 3.16. The van der Waals surface area contributed by atoms with Crippen molar-refractivity contribution >= 4 is 22.9 Å². The quantitative estimate of drug-likeness (QED) is 0.789. The van der Waals surface area contributed by atoms with Gasteiger partial charge in [0, 0.05) is 30.0 Å². The fraction of sp³-hybridized carbons (Fsp3) is 0.312. The SMILES string of the molecule is Clc1ccccc1-c1nc(CN[C@H]2CCc3ncnn3C2)cs1. The van der Waals surface area contributed by atoms with Crippen LogP contribution in [0.5, 0.6) is 0 Å². The van der Waals surface area contributed by atoms with Crippen molar-refractivity contribution in [2.45, 2.75) is 32.0 Å². The van der Waals surface area contributed by atoms with Crippen LogP contribution in [0, 0.1) is 0 Å². The van der Waals surface area contributed by atoms with Gasteiger partial charge < -0.3 is 5.32 Å². The number of aromatic nitrogens is 4. The Kier molecular flexibility index (Phi) is 4.11. The molecular weight excluding hydrogens is 330 g/mol. The van der Waals surface area contributed by atoms with Gasteiger partial charge in [-0.2, -0.15) is 5.10 Å². The number of halogens is 1. The highest BCUT2D eigenvalue weighted by Crippen LogP contribution is 2.30. The molecule has 3 aromatic rings. The monoisotopic (exact) mass is 345 g/mol. The number of aryl methyl sites for hydroxylation is 1. The fourth-order valence-corrected chi connectivity index (χ4v) is 3.94. The highest BCUT2D eigenvalue weighted by Gasteiger charge is 2.19. The lowest BCUT2D eigenvalue weighted by molar-refractivity contribution is 0.357. The van der Waals surface area contributed by atoms with Crippen LogP contribution in [0.1, 0.15) is 17.9 Å². The molecule has 118 valence electrons. The van der Waals surface area contributed by atoms with Gasteiger partial charge in [0.1, 0.15) is 17.2 Å². The maximum absolute atomic E-state index is 6.24. The Morgan fingerprint density at radius 2 is 2.26 bits per heavy atom. The zero-order valence-electron chi connectivity index (χ0n) is 12.4. The van der Waals surface area contributed by atoms with E-state index < -0.39 is 0 Å². The van der Waals surface area contributed by atoms with Crippen molar-refractivity contribution in [3.05, 3.63) is 52.5 Å². The van der Waals surface area contributed by atoms with Crippen LogP contribution >= 0.6 is 22.9 Å². The second kappa shape index (κ2) is 6.39. The molecule has 5 nitrogen and oxygen atoms in total. The topological polar surface area (TPSA) is 55.6 Å². The van der Waals surface area contributed by atoms with Gasteiger partial charge in [0.25, 0.3) is 0 Å². The Labute approximate surface area is 143 Å². The van der Waals surface area contributed by atoms with Crippen molar-refractivity contribution < 1.29 is 0 Å². The van der Waals surface area contributed by atoms with Crippen molar-refractivity contribution in [3.8, 4) is 10.6 Å². The Morgan fingerprint density at radius 3 is 3.17 bits per heavy atom. The second-order valence-corrected chi connectivity index (χ2v) is 6.86. The number of hydrogen-bond donors (Lipinski definition) is 1. The molecule has 0 radical (unpaired) electrons. The summed E-state index contributed by atoms with van der Waals surface area (Å²) in [6, 6.07) is 8.23. The molecule has 23 heavy (non-hydrogen) atoms. The van der Waals surface area contributed by atoms with Gasteiger partial charge in [-0.25, -0.2) is 14.6 Å². The average molecular weight is 346 g/mol. The third-order valence-electron chi connectivity index (χ3n) is 4.03. The standard InChI is InChI=1S/C16H16ClN5S/c17-14-4-2-1-3-13(14)16-21-12(9-23-16)7-18-11-5-6-15-19-10-20-22(15)8-11/h1-4,9-11,18H,5-8H2/t11-/m0/s1. The zero-order valence-corrected chi connectivity index (χ0v) is 14.0. The molecule has 0 amide bonds. The fourth-order valence-electron chi connectivity index (χ4n) is 2.80. The molecule has 0 saturated carbocycles. The predicted molar refractivity (Wildman–Crippen MR) is 91.5 cm³/mol. The Balaban J connectivity index is 1.40. The van der Waals surface area contributed by atoms with Crippen LogP contribution < -0.4 is 5.32 Å². The van der Waals surface area contributed by atoms with Crippen molar-refractivity contribution in [3.63, 3.8) is 0 Å². The van der Waals surface area contributed by atoms with Gasteiger partial charge in [0.05, 0.1) is 17.3 Å². The van der Waals surface area contributed by atoms with Crippen LogP contribution in [0.25, 0.3) is 10.6 Å². The van der Waals surface area contributed by atoms with Crippen molar-refractivity contribution in [2.24, 2.45) is 0 Å². The molecule has 1 aliphatic rings. The molecular formula is C16H16ClN5S. The molecule has 1 aromatic carbocycles. The minimum absolute atomic E-state index is 0.412. The van der Waals surface area contributed by atoms with Crippen molar-refractivity contribution in [1.29, 1.82) is 0 Å². The van der Waals surface area contributed by atoms with Gasteiger partial charge in [0.2, 0.25) is 0 Å². The Hall–Kier alpha value is -1.76. The van der Waals surface area contributed by atoms with Crippen LogP contribution in [-0.4, -0.2) is 25.8 Å². The molecule has 3 heterocycles. The van der Waals surface area contributed by atoms with E-state index in [4.69, 9.17) is 16.6 Å². The number of nitrogens with zero attached hydrogens (tertiary/aromatic N) is 4. The third kappa shape index (κ3) is 3.15. The molecule has 0 unspecified atom stereocenters. The molecule has 7 heteroatoms. The number of hydrogen-bond acceptors (Lipinski definition) is 5. The number of benzene rings is 1. The summed E-state index contributed by atoms with van der Waals surface area (Å²) in [6.07, 6.45) is 3.69. The van der Waals surface area contributed by atoms with Crippen LogP contribution in [0.15, 0.2) is 36.0 Å². The zero-order chi connectivity index (χ0) is 15.6. The van der Waals surface area contributed by atoms with Gasteiger partial charge in [0.15, 0.2) is 0 Å². The molecule has 2 aromatic heterocycles. The Morgan fingerprint density at radius 1 is 1.35 bits per heavy atom. The van der Waals surface area contributed by atoms with Gasteiger partial charge >= 0.3 is 0 Å². The molecule has 0 saturated heterocycles. The summed E-state index contributed by atoms with van der Waals surface area (Å²) in [6.45, 7) is 1.63. The molecule has 0 bridgehead atoms. The summed E-state index contributed by atoms with van der Waals surface area (Å²) in [5.41, 5.74) is 2.05. The second-order valence-electron chi connectivity index (χ2n) is 5.60. The summed E-state index contributed by atoms with van der Waals surface area (Å²) >= 11 is 7.87. The normalized spacial score (nSPS) is 17.2. The summed E-state index contributed by atoms with van der Waals surface area (Å²) in [5, 5.41) is 11.6. The number of rotatable bonds is 4. The lowest BCUT2D eigenvalue weighted by Gasteiger charge is -2.23. The minimum Gasteiger partial charge on any atom is -0.306 e. The molecule has 0 aliphatic carbocycles. The van der Waals surface area contributed by atoms with E-state index >= 15 is 0 Å². The lowest BCUT2D eigenvalue weighted by Crippen LogP contribution is -2.37. The van der Waals surface area contributed by atoms with E-state index in [9.17, 15) is 0 Å². The average Bonchev–Trinajstić information content (AvgIpc) is 3.22. The van der Waals surface area contributed by atoms with Crippen molar-refractivity contribution in [1.82, 2.24) is 25.1 Å². The molecule has 1 aliphatic heterocycles. The number of nitrogens with one attached hydrogen (secondary N) is 1.